The molecule has 1 fully saturated rings. The highest BCUT2D eigenvalue weighted by atomic mass is 32.1. The standard InChI is InChI=1S/C8H16N2OS/c1-9-7(12)10-8(6-11-2)4-3-5-8/h3-6H2,1-2H3,(H2,9,10,12). The van der Waals surface area contributed by atoms with E-state index in [-0.39, 0.29) is 5.54 Å². The van der Waals surface area contributed by atoms with Crippen LogP contribution in [0.3, 0.4) is 0 Å². The number of ether oxygens (including phenoxy) is 1. The predicted octanol–water partition coefficient (Wildman–Crippen LogP) is 0.649. The molecule has 70 valence electrons. The minimum atomic E-state index is 0.120. The molecule has 0 atom stereocenters. The van der Waals surface area contributed by atoms with Gasteiger partial charge in [-0.1, -0.05) is 0 Å². The van der Waals surface area contributed by atoms with Crippen LogP contribution in [0.4, 0.5) is 0 Å². The molecule has 0 aromatic heterocycles. The van der Waals surface area contributed by atoms with Gasteiger partial charge >= 0.3 is 0 Å². The van der Waals surface area contributed by atoms with E-state index in [4.69, 9.17) is 17.0 Å². The van der Waals surface area contributed by atoms with E-state index in [1.165, 1.54) is 6.42 Å². The summed E-state index contributed by atoms with van der Waals surface area (Å²) < 4.78 is 5.14. The minimum Gasteiger partial charge on any atom is -0.382 e. The highest BCUT2D eigenvalue weighted by Gasteiger charge is 2.37. The monoisotopic (exact) mass is 188 g/mol. The predicted molar refractivity (Wildman–Crippen MR) is 53.3 cm³/mol. The van der Waals surface area contributed by atoms with Gasteiger partial charge in [0, 0.05) is 14.2 Å². The Morgan fingerprint density at radius 2 is 2.25 bits per heavy atom. The van der Waals surface area contributed by atoms with E-state index in [9.17, 15) is 0 Å². The molecule has 2 N–H and O–H groups in total. The first-order valence-electron chi connectivity index (χ1n) is 4.21. The van der Waals surface area contributed by atoms with Gasteiger partial charge in [-0.15, -0.1) is 0 Å². The molecule has 12 heavy (non-hydrogen) atoms. The lowest BCUT2D eigenvalue weighted by Crippen LogP contribution is -2.58. The molecule has 0 aromatic rings. The Hall–Kier alpha value is -0.350. The van der Waals surface area contributed by atoms with E-state index in [1.54, 1.807) is 7.11 Å². The molecule has 4 heteroatoms. The third-order valence-corrected chi connectivity index (χ3v) is 2.64. The number of methoxy groups -OCH3 is 1. The number of thiocarbonyl (C=S) groups is 1. The zero-order valence-corrected chi connectivity index (χ0v) is 8.46. The molecule has 0 aliphatic heterocycles. The van der Waals surface area contributed by atoms with Crippen LogP contribution >= 0.6 is 12.2 Å². The van der Waals surface area contributed by atoms with Crippen LogP contribution in [0.25, 0.3) is 0 Å². The number of rotatable bonds is 3. The fourth-order valence-electron chi connectivity index (χ4n) is 1.49. The molecule has 1 aliphatic carbocycles. The molecular weight excluding hydrogens is 172 g/mol. The summed E-state index contributed by atoms with van der Waals surface area (Å²) in [7, 11) is 3.55. The maximum atomic E-state index is 5.14. The zero-order chi connectivity index (χ0) is 9.03. The molecule has 1 aliphatic rings. The van der Waals surface area contributed by atoms with E-state index in [2.05, 4.69) is 10.6 Å². The maximum Gasteiger partial charge on any atom is 0.166 e. The molecule has 0 unspecified atom stereocenters. The fraction of sp³-hybridized carbons (Fsp3) is 0.875. The van der Waals surface area contributed by atoms with Crippen molar-refractivity contribution >= 4 is 17.3 Å². The summed E-state index contributed by atoms with van der Waals surface area (Å²) in [5.41, 5.74) is 0.120. The number of nitrogens with one attached hydrogen (secondary N) is 2. The van der Waals surface area contributed by atoms with E-state index in [1.807, 2.05) is 7.05 Å². The smallest absolute Gasteiger partial charge is 0.166 e. The van der Waals surface area contributed by atoms with Gasteiger partial charge in [-0.25, -0.2) is 0 Å². The van der Waals surface area contributed by atoms with Crippen molar-refractivity contribution in [3.63, 3.8) is 0 Å². The van der Waals surface area contributed by atoms with Crippen LogP contribution in [0.2, 0.25) is 0 Å². The van der Waals surface area contributed by atoms with Gasteiger partial charge < -0.3 is 15.4 Å². The van der Waals surface area contributed by atoms with E-state index >= 15 is 0 Å². The quantitative estimate of drug-likeness (QED) is 0.637. The molecule has 0 heterocycles. The van der Waals surface area contributed by atoms with E-state index in [0.29, 0.717) is 5.11 Å². The second kappa shape index (κ2) is 4.05. The fourth-order valence-corrected chi connectivity index (χ4v) is 1.71. The first-order chi connectivity index (χ1) is 5.72. The Morgan fingerprint density at radius 3 is 2.58 bits per heavy atom. The van der Waals surface area contributed by atoms with Crippen LogP contribution in [-0.4, -0.2) is 31.4 Å². The molecule has 0 radical (unpaired) electrons. The lowest BCUT2D eigenvalue weighted by atomic mass is 9.77. The Kier molecular flexibility index (Phi) is 3.29. The average Bonchev–Trinajstić information content (AvgIpc) is 2.00. The zero-order valence-electron chi connectivity index (χ0n) is 7.64. The van der Waals surface area contributed by atoms with Crippen molar-refractivity contribution < 1.29 is 4.74 Å². The van der Waals surface area contributed by atoms with Gasteiger partial charge in [0.25, 0.3) is 0 Å². The summed E-state index contributed by atoms with van der Waals surface area (Å²) in [6, 6.07) is 0. The van der Waals surface area contributed by atoms with E-state index < -0.39 is 0 Å². The highest BCUT2D eigenvalue weighted by molar-refractivity contribution is 7.80. The first-order valence-corrected chi connectivity index (χ1v) is 4.62. The molecule has 0 aromatic carbocycles. The Bertz CT molecular complexity index is 168. The van der Waals surface area contributed by atoms with Crippen molar-refractivity contribution in [2.75, 3.05) is 20.8 Å². The van der Waals surface area contributed by atoms with Crippen molar-refractivity contribution in [2.45, 2.75) is 24.8 Å². The molecule has 1 saturated carbocycles. The summed E-state index contributed by atoms with van der Waals surface area (Å²) in [5, 5.41) is 6.90. The lowest BCUT2D eigenvalue weighted by Gasteiger charge is -2.42. The normalized spacial score (nSPS) is 19.5. The highest BCUT2D eigenvalue weighted by Crippen LogP contribution is 2.31. The number of hydrogen-bond acceptors (Lipinski definition) is 2. The van der Waals surface area contributed by atoms with Crippen LogP contribution in [0, 0.1) is 0 Å². The summed E-state index contributed by atoms with van der Waals surface area (Å²) in [4.78, 5) is 0. The van der Waals surface area contributed by atoms with Gasteiger partial charge in [-0.3, -0.25) is 0 Å². The third-order valence-electron chi connectivity index (χ3n) is 2.34. The van der Waals surface area contributed by atoms with Gasteiger partial charge in [0.1, 0.15) is 0 Å². The Labute approximate surface area is 78.9 Å². The van der Waals surface area contributed by atoms with Crippen molar-refractivity contribution in [3.05, 3.63) is 0 Å². The largest absolute Gasteiger partial charge is 0.382 e. The summed E-state index contributed by atoms with van der Waals surface area (Å²) >= 11 is 5.04. The van der Waals surface area contributed by atoms with Gasteiger partial charge in [-0.2, -0.15) is 0 Å². The second-order valence-electron chi connectivity index (χ2n) is 3.27. The number of hydrogen-bond donors (Lipinski definition) is 2. The van der Waals surface area contributed by atoms with Gasteiger partial charge in [0.2, 0.25) is 0 Å². The van der Waals surface area contributed by atoms with Gasteiger partial charge in [-0.05, 0) is 31.5 Å². The van der Waals surface area contributed by atoms with Gasteiger partial charge in [0.05, 0.1) is 12.1 Å². The van der Waals surface area contributed by atoms with Crippen LogP contribution in [0.15, 0.2) is 0 Å². The van der Waals surface area contributed by atoms with Crippen molar-refractivity contribution in [1.29, 1.82) is 0 Å². The van der Waals surface area contributed by atoms with Gasteiger partial charge in [0.15, 0.2) is 5.11 Å². The topological polar surface area (TPSA) is 33.3 Å². The van der Waals surface area contributed by atoms with Crippen LogP contribution < -0.4 is 10.6 Å². The Morgan fingerprint density at radius 1 is 1.58 bits per heavy atom. The van der Waals surface area contributed by atoms with Crippen molar-refractivity contribution in [2.24, 2.45) is 0 Å². The van der Waals surface area contributed by atoms with Crippen LogP contribution in [0.1, 0.15) is 19.3 Å². The average molecular weight is 188 g/mol. The first kappa shape index (κ1) is 9.74. The minimum absolute atomic E-state index is 0.120. The Balaban J connectivity index is 2.39. The van der Waals surface area contributed by atoms with Crippen LogP contribution in [0.5, 0.6) is 0 Å². The summed E-state index contributed by atoms with van der Waals surface area (Å²) in [6.45, 7) is 0.745. The SMILES string of the molecule is CNC(=S)NC1(COC)CCC1. The molecule has 1 rings (SSSR count). The van der Waals surface area contributed by atoms with Crippen LogP contribution in [-0.2, 0) is 4.74 Å². The van der Waals surface area contributed by atoms with Crippen molar-refractivity contribution in [1.82, 2.24) is 10.6 Å². The molecule has 0 saturated heterocycles. The maximum absolute atomic E-state index is 5.14. The second-order valence-corrected chi connectivity index (χ2v) is 3.68. The van der Waals surface area contributed by atoms with E-state index in [0.717, 1.165) is 19.4 Å². The summed E-state index contributed by atoms with van der Waals surface area (Å²) in [5.74, 6) is 0. The molecule has 3 nitrogen and oxygen atoms in total. The summed E-state index contributed by atoms with van der Waals surface area (Å²) in [6.07, 6.45) is 3.58. The molecule has 0 bridgehead atoms. The molecular formula is C8H16N2OS. The lowest BCUT2D eigenvalue weighted by molar-refractivity contribution is 0.0704. The molecule has 0 amide bonds. The molecule has 0 spiro atoms. The van der Waals surface area contributed by atoms with Crippen molar-refractivity contribution in [3.8, 4) is 0 Å². The third kappa shape index (κ3) is 2.08.